The molecule has 0 saturated heterocycles. The summed E-state index contributed by atoms with van der Waals surface area (Å²) in [5, 5.41) is 0. The Kier molecular flexibility index (Phi) is 9.16. The lowest BCUT2D eigenvalue weighted by Gasteiger charge is -2.25. The number of hydrogen-bond acceptors (Lipinski definition) is 5. The van der Waals surface area contributed by atoms with Gasteiger partial charge in [0.1, 0.15) is 6.61 Å². The molecule has 0 saturated carbocycles. The van der Waals surface area contributed by atoms with Gasteiger partial charge in [-0.2, -0.15) is 0 Å². The Balaban J connectivity index is 4.40. The molecule has 1 atom stereocenters. The zero-order valence-corrected chi connectivity index (χ0v) is 12.6. The molecule has 6 nitrogen and oxygen atoms in total. The number of amides is 1. The van der Waals surface area contributed by atoms with Crippen molar-refractivity contribution < 1.29 is 19.1 Å². The van der Waals surface area contributed by atoms with E-state index in [2.05, 4.69) is 9.64 Å². The van der Waals surface area contributed by atoms with E-state index in [-0.39, 0.29) is 24.4 Å². The Morgan fingerprint density at radius 1 is 1.16 bits per heavy atom. The van der Waals surface area contributed by atoms with Gasteiger partial charge in [-0.1, -0.05) is 6.92 Å². The summed E-state index contributed by atoms with van der Waals surface area (Å²) in [6, 6.07) is 0. The van der Waals surface area contributed by atoms with E-state index in [1.165, 1.54) is 14.2 Å². The molecule has 0 N–H and O–H groups in total. The standard InChI is InChI=1S/C13H26N2O4/c1-11(13(17)19-5)9-15(12(16)10-18-4)8-6-7-14(2)3/h11H,6-10H2,1-5H3. The molecule has 6 heteroatoms. The summed E-state index contributed by atoms with van der Waals surface area (Å²) < 4.78 is 9.54. The molecular formula is C13H26N2O4. The van der Waals surface area contributed by atoms with Crippen molar-refractivity contribution in [3.8, 4) is 0 Å². The highest BCUT2D eigenvalue weighted by Gasteiger charge is 2.21. The Morgan fingerprint density at radius 3 is 2.26 bits per heavy atom. The molecule has 112 valence electrons. The van der Waals surface area contributed by atoms with Crippen LogP contribution in [0.3, 0.4) is 0 Å². The lowest BCUT2D eigenvalue weighted by Crippen LogP contribution is -2.40. The quantitative estimate of drug-likeness (QED) is 0.563. The summed E-state index contributed by atoms with van der Waals surface area (Å²) in [4.78, 5) is 27.0. The van der Waals surface area contributed by atoms with Crippen LogP contribution in [-0.4, -0.2) is 76.2 Å². The summed E-state index contributed by atoms with van der Waals surface area (Å²) in [6.07, 6.45) is 0.857. The molecule has 1 unspecified atom stereocenters. The average Bonchev–Trinajstić information content (AvgIpc) is 2.36. The number of hydrogen-bond donors (Lipinski definition) is 0. The highest BCUT2D eigenvalue weighted by atomic mass is 16.5. The van der Waals surface area contributed by atoms with Crippen molar-refractivity contribution in [3.63, 3.8) is 0 Å². The molecule has 1 amide bonds. The van der Waals surface area contributed by atoms with Gasteiger partial charge in [0.2, 0.25) is 5.91 Å². The number of carbonyl (C=O) groups excluding carboxylic acids is 2. The third-order valence-electron chi connectivity index (χ3n) is 2.75. The van der Waals surface area contributed by atoms with Gasteiger partial charge in [0.15, 0.2) is 0 Å². The van der Waals surface area contributed by atoms with E-state index >= 15 is 0 Å². The molecule has 19 heavy (non-hydrogen) atoms. The Labute approximate surface area is 115 Å². The smallest absolute Gasteiger partial charge is 0.310 e. The van der Waals surface area contributed by atoms with Crippen molar-refractivity contribution in [2.45, 2.75) is 13.3 Å². The predicted molar refractivity (Wildman–Crippen MR) is 72.8 cm³/mol. The van der Waals surface area contributed by atoms with Crippen LogP contribution in [0, 0.1) is 5.92 Å². The topological polar surface area (TPSA) is 59.1 Å². The highest BCUT2D eigenvalue weighted by Crippen LogP contribution is 2.04. The van der Waals surface area contributed by atoms with Gasteiger partial charge >= 0.3 is 5.97 Å². The molecule has 0 spiro atoms. The van der Waals surface area contributed by atoms with Crippen LogP contribution in [0.15, 0.2) is 0 Å². The SMILES string of the molecule is COCC(=O)N(CCCN(C)C)CC(C)C(=O)OC. The van der Waals surface area contributed by atoms with Gasteiger partial charge in [-0.25, -0.2) is 0 Å². The fourth-order valence-corrected chi connectivity index (χ4v) is 1.72. The molecule has 0 aromatic rings. The zero-order valence-electron chi connectivity index (χ0n) is 12.6. The lowest BCUT2D eigenvalue weighted by molar-refractivity contribution is -0.147. The number of ether oxygens (including phenoxy) is 2. The van der Waals surface area contributed by atoms with E-state index < -0.39 is 0 Å². The maximum Gasteiger partial charge on any atom is 0.310 e. The summed E-state index contributed by atoms with van der Waals surface area (Å²) >= 11 is 0. The van der Waals surface area contributed by atoms with Gasteiger partial charge < -0.3 is 19.3 Å². The zero-order chi connectivity index (χ0) is 14.8. The van der Waals surface area contributed by atoms with Crippen LogP contribution in [0.2, 0.25) is 0 Å². The van der Waals surface area contributed by atoms with E-state index in [0.717, 1.165) is 13.0 Å². The van der Waals surface area contributed by atoms with E-state index in [9.17, 15) is 9.59 Å². The second-order valence-corrected chi connectivity index (χ2v) is 4.85. The summed E-state index contributed by atoms with van der Waals surface area (Å²) in [5.41, 5.74) is 0. The first-order valence-electron chi connectivity index (χ1n) is 6.41. The van der Waals surface area contributed by atoms with Crippen molar-refractivity contribution in [2.24, 2.45) is 5.92 Å². The van der Waals surface area contributed by atoms with Crippen molar-refractivity contribution in [2.75, 3.05) is 54.6 Å². The first kappa shape index (κ1) is 17.9. The lowest BCUT2D eigenvalue weighted by atomic mass is 10.1. The molecule has 0 rings (SSSR count). The van der Waals surface area contributed by atoms with Crippen LogP contribution in [0.1, 0.15) is 13.3 Å². The molecule has 0 radical (unpaired) electrons. The molecule has 0 fully saturated rings. The van der Waals surface area contributed by atoms with Gasteiger partial charge in [0.25, 0.3) is 0 Å². The van der Waals surface area contributed by atoms with Crippen molar-refractivity contribution >= 4 is 11.9 Å². The Hall–Kier alpha value is -1.14. The van der Waals surface area contributed by atoms with Crippen LogP contribution < -0.4 is 0 Å². The van der Waals surface area contributed by atoms with Gasteiger partial charge in [0.05, 0.1) is 13.0 Å². The van der Waals surface area contributed by atoms with Gasteiger partial charge in [-0.15, -0.1) is 0 Å². The molecule has 0 heterocycles. The minimum atomic E-state index is -0.329. The fourth-order valence-electron chi connectivity index (χ4n) is 1.72. The van der Waals surface area contributed by atoms with Crippen LogP contribution in [0.4, 0.5) is 0 Å². The molecular weight excluding hydrogens is 248 g/mol. The molecule has 0 aliphatic rings. The highest BCUT2D eigenvalue weighted by molar-refractivity contribution is 5.78. The number of rotatable bonds is 9. The summed E-state index contributed by atoms with van der Waals surface area (Å²) in [7, 11) is 6.81. The second kappa shape index (κ2) is 9.75. The molecule has 0 aromatic heterocycles. The van der Waals surface area contributed by atoms with Gasteiger partial charge in [-0.3, -0.25) is 9.59 Å². The number of methoxy groups -OCH3 is 2. The Bertz CT molecular complexity index is 282. The maximum absolute atomic E-state index is 11.9. The normalized spacial score (nSPS) is 12.3. The third kappa shape index (κ3) is 7.79. The first-order valence-corrected chi connectivity index (χ1v) is 6.41. The number of carbonyl (C=O) groups is 2. The van der Waals surface area contributed by atoms with Crippen LogP contribution in [0.5, 0.6) is 0 Å². The Morgan fingerprint density at radius 2 is 1.79 bits per heavy atom. The van der Waals surface area contributed by atoms with Crippen molar-refractivity contribution in [1.82, 2.24) is 9.80 Å². The van der Waals surface area contributed by atoms with E-state index in [1.807, 2.05) is 14.1 Å². The first-order chi connectivity index (χ1) is 8.92. The number of esters is 1. The molecule has 0 aliphatic carbocycles. The van der Waals surface area contributed by atoms with Crippen molar-refractivity contribution in [1.29, 1.82) is 0 Å². The monoisotopic (exact) mass is 274 g/mol. The largest absolute Gasteiger partial charge is 0.469 e. The van der Waals surface area contributed by atoms with Gasteiger partial charge in [0, 0.05) is 20.2 Å². The van der Waals surface area contributed by atoms with E-state index in [0.29, 0.717) is 13.1 Å². The van der Waals surface area contributed by atoms with Crippen LogP contribution >= 0.6 is 0 Å². The number of nitrogens with zero attached hydrogens (tertiary/aromatic N) is 2. The van der Waals surface area contributed by atoms with E-state index in [1.54, 1.807) is 11.8 Å². The average molecular weight is 274 g/mol. The summed E-state index contributed by atoms with van der Waals surface area (Å²) in [6.45, 7) is 3.66. The molecule has 0 aliphatic heterocycles. The van der Waals surface area contributed by atoms with Gasteiger partial charge in [-0.05, 0) is 27.1 Å². The summed E-state index contributed by atoms with van der Waals surface area (Å²) in [5.74, 6) is -0.731. The van der Waals surface area contributed by atoms with Crippen molar-refractivity contribution in [3.05, 3.63) is 0 Å². The molecule has 0 aromatic carbocycles. The van der Waals surface area contributed by atoms with Crippen LogP contribution in [-0.2, 0) is 19.1 Å². The minimum absolute atomic E-state index is 0.0376. The minimum Gasteiger partial charge on any atom is -0.469 e. The fraction of sp³-hybridized carbons (Fsp3) is 0.846. The second-order valence-electron chi connectivity index (χ2n) is 4.85. The molecule has 0 bridgehead atoms. The van der Waals surface area contributed by atoms with E-state index in [4.69, 9.17) is 4.74 Å². The maximum atomic E-state index is 11.9. The predicted octanol–water partition coefficient (Wildman–Crippen LogP) is 0.222. The third-order valence-corrected chi connectivity index (χ3v) is 2.75. The van der Waals surface area contributed by atoms with Crippen LogP contribution in [0.25, 0.3) is 0 Å².